The number of nitrogens with one attached hydrogen (secondary N) is 1. The van der Waals surface area contributed by atoms with E-state index < -0.39 is 38.3 Å². The van der Waals surface area contributed by atoms with Gasteiger partial charge < -0.3 is 4.74 Å². The molecule has 1 aromatic carbocycles. The van der Waals surface area contributed by atoms with Gasteiger partial charge in [0.25, 0.3) is 10.0 Å². The Morgan fingerprint density at radius 1 is 1.18 bits per heavy atom. The van der Waals surface area contributed by atoms with E-state index >= 15 is 0 Å². The molecule has 2 aromatic rings. The molecule has 5 nitrogen and oxygen atoms in total. The molecule has 0 unspecified atom stereocenters. The van der Waals surface area contributed by atoms with Crippen LogP contribution < -0.4 is 4.72 Å². The van der Waals surface area contributed by atoms with E-state index in [0.717, 1.165) is 18.4 Å². The van der Waals surface area contributed by atoms with Crippen LogP contribution >= 0.6 is 11.3 Å². The summed E-state index contributed by atoms with van der Waals surface area (Å²) in [4.78, 5) is 10.3. The highest BCUT2D eigenvalue weighted by Gasteiger charge is 2.26. The molecule has 10 heteroatoms. The molecule has 0 aliphatic heterocycles. The molecule has 1 N–H and O–H groups in total. The Morgan fingerprint density at radius 2 is 1.86 bits per heavy atom. The van der Waals surface area contributed by atoms with E-state index in [1.54, 1.807) is 0 Å². The number of halogens is 3. The third-order valence-corrected chi connectivity index (χ3v) is 4.85. The lowest BCUT2D eigenvalue weighted by atomic mass is 10.3. The van der Waals surface area contributed by atoms with Crippen molar-refractivity contribution < 1.29 is 31.1 Å². The topological polar surface area (TPSA) is 72.5 Å². The monoisotopic (exact) mass is 351 g/mol. The molecule has 2 rings (SSSR count). The first-order chi connectivity index (χ1) is 10.3. The Morgan fingerprint density at radius 3 is 2.50 bits per heavy atom. The van der Waals surface area contributed by atoms with Crippen molar-refractivity contribution in [2.75, 3.05) is 11.8 Å². The number of hydrogen-bond donors (Lipinski definition) is 1. The molecule has 0 spiro atoms. The second kappa shape index (κ2) is 5.97. The highest BCUT2D eigenvalue weighted by atomic mass is 32.2. The Labute approximate surface area is 127 Å². The van der Waals surface area contributed by atoms with Crippen molar-refractivity contribution in [3.63, 3.8) is 0 Å². The van der Waals surface area contributed by atoms with Crippen LogP contribution in [0.5, 0.6) is 0 Å². The van der Waals surface area contributed by atoms with Crippen LogP contribution in [-0.2, 0) is 14.8 Å². The highest BCUT2D eigenvalue weighted by molar-refractivity contribution is 7.92. The number of hydrogen-bond acceptors (Lipinski definition) is 5. The van der Waals surface area contributed by atoms with Crippen LogP contribution in [-0.4, -0.2) is 21.5 Å². The van der Waals surface area contributed by atoms with Gasteiger partial charge in [0.05, 0.1) is 12.8 Å². The molecule has 22 heavy (non-hydrogen) atoms. The van der Waals surface area contributed by atoms with Crippen LogP contribution in [0.1, 0.15) is 9.67 Å². The number of methoxy groups -OCH3 is 1. The van der Waals surface area contributed by atoms with Crippen molar-refractivity contribution in [2.45, 2.75) is 4.90 Å². The molecule has 0 atom stereocenters. The Bertz CT molecular complexity index is 833. The number of ether oxygens (including phenoxy) is 1. The van der Waals surface area contributed by atoms with Crippen molar-refractivity contribution in [3.05, 3.63) is 45.9 Å². The van der Waals surface area contributed by atoms with Gasteiger partial charge in [-0.2, -0.15) is 0 Å². The smallest absolute Gasteiger partial charge is 0.350 e. The summed E-state index contributed by atoms with van der Waals surface area (Å²) >= 11 is 0.899. The molecule has 0 amide bonds. The number of carbonyl (C=O) groups is 1. The summed E-state index contributed by atoms with van der Waals surface area (Å²) in [5.74, 6) is -6.05. The molecule has 0 aliphatic carbocycles. The normalized spacial score (nSPS) is 11.3. The van der Waals surface area contributed by atoms with E-state index in [1.807, 2.05) is 4.72 Å². The van der Waals surface area contributed by atoms with Gasteiger partial charge in [0.15, 0.2) is 17.5 Å². The number of sulfonamides is 1. The minimum atomic E-state index is -4.55. The lowest BCUT2D eigenvalue weighted by Gasteiger charge is -2.09. The summed E-state index contributed by atoms with van der Waals surface area (Å²) in [5.41, 5.74) is -0.152. The number of thiophene rings is 1. The van der Waals surface area contributed by atoms with E-state index in [2.05, 4.69) is 4.74 Å². The lowest BCUT2D eigenvalue weighted by molar-refractivity contribution is 0.0607. The Hall–Kier alpha value is -2.07. The number of esters is 1. The van der Waals surface area contributed by atoms with Gasteiger partial charge in [0.1, 0.15) is 9.77 Å². The predicted molar refractivity (Wildman–Crippen MR) is 72.8 cm³/mol. The SMILES string of the molecule is COC(=O)c1sccc1NS(=O)(=O)c1ccc(F)c(F)c1F. The van der Waals surface area contributed by atoms with Crippen molar-refractivity contribution in [2.24, 2.45) is 0 Å². The zero-order valence-corrected chi connectivity index (χ0v) is 12.5. The fraction of sp³-hybridized carbons (Fsp3) is 0.0833. The fourth-order valence-electron chi connectivity index (χ4n) is 1.56. The molecule has 0 saturated carbocycles. The van der Waals surface area contributed by atoms with Gasteiger partial charge in [-0.05, 0) is 23.6 Å². The average molecular weight is 351 g/mol. The van der Waals surface area contributed by atoms with E-state index in [1.165, 1.54) is 11.4 Å². The molecule has 0 radical (unpaired) electrons. The van der Waals surface area contributed by atoms with Gasteiger partial charge >= 0.3 is 5.97 Å². The van der Waals surface area contributed by atoms with Crippen LogP contribution in [0.15, 0.2) is 28.5 Å². The van der Waals surface area contributed by atoms with Crippen LogP contribution in [0, 0.1) is 17.5 Å². The molecule has 1 aromatic heterocycles. The number of benzene rings is 1. The first kappa shape index (κ1) is 16.3. The fourth-order valence-corrected chi connectivity index (χ4v) is 3.53. The molecule has 118 valence electrons. The van der Waals surface area contributed by atoms with E-state index in [-0.39, 0.29) is 10.6 Å². The summed E-state index contributed by atoms with van der Waals surface area (Å²) in [6.45, 7) is 0. The van der Waals surface area contributed by atoms with Gasteiger partial charge in [-0.15, -0.1) is 11.3 Å². The van der Waals surface area contributed by atoms with Gasteiger partial charge in [-0.3, -0.25) is 4.72 Å². The number of rotatable bonds is 4. The van der Waals surface area contributed by atoms with E-state index in [4.69, 9.17) is 0 Å². The molecule has 0 aliphatic rings. The third-order valence-electron chi connectivity index (χ3n) is 2.57. The van der Waals surface area contributed by atoms with Crippen molar-refractivity contribution in [1.82, 2.24) is 0 Å². The summed E-state index contributed by atoms with van der Waals surface area (Å²) < 4.78 is 70.1. The third kappa shape index (κ3) is 2.92. The Balaban J connectivity index is 2.44. The first-order valence-corrected chi connectivity index (χ1v) is 7.96. The summed E-state index contributed by atoms with van der Waals surface area (Å²) in [6, 6.07) is 2.33. The predicted octanol–water partition coefficient (Wildman–Crippen LogP) is 2.75. The lowest BCUT2D eigenvalue weighted by Crippen LogP contribution is -2.17. The van der Waals surface area contributed by atoms with Gasteiger partial charge in [-0.25, -0.2) is 26.4 Å². The molecule has 0 bridgehead atoms. The maximum Gasteiger partial charge on any atom is 0.350 e. The first-order valence-electron chi connectivity index (χ1n) is 5.60. The van der Waals surface area contributed by atoms with Crippen molar-refractivity contribution >= 4 is 33.0 Å². The minimum absolute atomic E-state index is 0.0610. The van der Waals surface area contributed by atoms with Crippen molar-refractivity contribution in [3.8, 4) is 0 Å². The molecule has 0 fully saturated rings. The Kier molecular flexibility index (Phi) is 4.42. The molecular weight excluding hydrogens is 343 g/mol. The minimum Gasteiger partial charge on any atom is -0.465 e. The highest BCUT2D eigenvalue weighted by Crippen LogP contribution is 2.27. The van der Waals surface area contributed by atoms with E-state index in [0.29, 0.717) is 12.1 Å². The maximum absolute atomic E-state index is 13.6. The van der Waals surface area contributed by atoms with Crippen LogP contribution in [0.25, 0.3) is 0 Å². The van der Waals surface area contributed by atoms with Gasteiger partial charge in [-0.1, -0.05) is 0 Å². The molecule has 0 saturated heterocycles. The second-order valence-corrected chi connectivity index (χ2v) is 6.50. The quantitative estimate of drug-likeness (QED) is 0.679. The molecule has 1 heterocycles. The molecular formula is C12H8F3NO4S2. The second-order valence-electron chi connectivity index (χ2n) is 3.93. The zero-order chi connectivity index (χ0) is 16.5. The van der Waals surface area contributed by atoms with Crippen LogP contribution in [0.4, 0.5) is 18.9 Å². The van der Waals surface area contributed by atoms with Crippen molar-refractivity contribution in [1.29, 1.82) is 0 Å². The average Bonchev–Trinajstić information content (AvgIpc) is 2.91. The standard InChI is InChI=1S/C12H8F3NO4S2/c1-20-12(17)11-7(4-5-21-11)16-22(18,19)8-3-2-6(13)9(14)10(8)15/h2-5,16H,1H3. The van der Waals surface area contributed by atoms with Gasteiger partial charge in [0.2, 0.25) is 0 Å². The summed E-state index contributed by atoms with van der Waals surface area (Å²) in [5, 5.41) is 1.41. The maximum atomic E-state index is 13.6. The van der Waals surface area contributed by atoms with E-state index in [9.17, 15) is 26.4 Å². The van der Waals surface area contributed by atoms with Crippen LogP contribution in [0.2, 0.25) is 0 Å². The van der Waals surface area contributed by atoms with Gasteiger partial charge in [0, 0.05) is 0 Å². The number of carbonyl (C=O) groups excluding carboxylic acids is 1. The van der Waals surface area contributed by atoms with Crippen LogP contribution in [0.3, 0.4) is 0 Å². The zero-order valence-electron chi connectivity index (χ0n) is 10.9. The largest absolute Gasteiger partial charge is 0.465 e. The summed E-state index contributed by atoms with van der Waals surface area (Å²) in [6.07, 6.45) is 0. The summed E-state index contributed by atoms with van der Waals surface area (Å²) in [7, 11) is -3.44. The number of anilines is 1.